The zero-order chi connectivity index (χ0) is 9.80. The highest BCUT2D eigenvalue weighted by molar-refractivity contribution is 5.55. The summed E-state index contributed by atoms with van der Waals surface area (Å²) in [5, 5.41) is 0. The van der Waals surface area contributed by atoms with Crippen molar-refractivity contribution in [1.29, 1.82) is 0 Å². The van der Waals surface area contributed by atoms with E-state index in [1.165, 1.54) is 5.56 Å². The second kappa shape index (κ2) is 4.07. The van der Waals surface area contributed by atoms with Gasteiger partial charge >= 0.3 is 0 Å². The van der Waals surface area contributed by atoms with Crippen LogP contribution in [0.1, 0.15) is 5.56 Å². The lowest BCUT2D eigenvalue weighted by Gasteiger charge is -2.01. The van der Waals surface area contributed by atoms with Gasteiger partial charge in [-0.3, -0.25) is 0 Å². The molecule has 0 saturated heterocycles. The van der Waals surface area contributed by atoms with Crippen LogP contribution in [-0.4, -0.2) is 16.5 Å². The lowest BCUT2D eigenvalue weighted by molar-refractivity contribution is 0.969. The van der Waals surface area contributed by atoms with E-state index in [0.29, 0.717) is 6.54 Å². The van der Waals surface area contributed by atoms with E-state index in [-0.39, 0.29) is 0 Å². The number of hydrogen-bond donors (Lipinski definition) is 2. The van der Waals surface area contributed by atoms with Crippen LogP contribution in [0, 0.1) is 0 Å². The van der Waals surface area contributed by atoms with Gasteiger partial charge in [0.15, 0.2) is 0 Å². The third kappa shape index (κ3) is 1.83. The first-order chi connectivity index (χ1) is 6.90. The number of imidazole rings is 1. The van der Waals surface area contributed by atoms with Crippen LogP contribution >= 0.6 is 0 Å². The molecule has 1 heterocycles. The SMILES string of the molecule is NCCc1cccc(-c2ncc[nH]2)c1. The Morgan fingerprint density at radius 3 is 3.00 bits per heavy atom. The highest BCUT2D eigenvalue weighted by atomic mass is 14.9. The zero-order valence-electron chi connectivity index (χ0n) is 7.90. The van der Waals surface area contributed by atoms with Gasteiger partial charge in [-0.2, -0.15) is 0 Å². The van der Waals surface area contributed by atoms with Gasteiger partial charge in [-0.1, -0.05) is 18.2 Å². The first-order valence-corrected chi connectivity index (χ1v) is 4.69. The fraction of sp³-hybridized carbons (Fsp3) is 0.182. The Labute approximate surface area is 83.0 Å². The van der Waals surface area contributed by atoms with Crippen molar-refractivity contribution in [3.63, 3.8) is 0 Å². The molecule has 0 aliphatic carbocycles. The molecule has 0 amide bonds. The summed E-state index contributed by atoms with van der Waals surface area (Å²) in [6, 6.07) is 8.27. The van der Waals surface area contributed by atoms with Gasteiger partial charge in [-0.15, -0.1) is 0 Å². The molecule has 1 aromatic heterocycles. The van der Waals surface area contributed by atoms with E-state index < -0.39 is 0 Å². The number of nitrogens with one attached hydrogen (secondary N) is 1. The number of aromatic nitrogens is 2. The molecule has 0 aliphatic heterocycles. The average Bonchev–Trinajstić information content (AvgIpc) is 2.71. The molecular weight excluding hydrogens is 174 g/mol. The number of nitrogens with two attached hydrogens (primary N) is 1. The Kier molecular flexibility index (Phi) is 2.60. The molecule has 2 rings (SSSR count). The fourth-order valence-electron chi connectivity index (χ4n) is 1.46. The maximum atomic E-state index is 5.51. The minimum absolute atomic E-state index is 0.682. The van der Waals surface area contributed by atoms with E-state index in [0.717, 1.165) is 17.8 Å². The molecule has 3 nitrogen and oxygen atoms in total. The summed E-state index contributed by atoms with van der Waals surface area (Å²) in [7, 11) is 0. The molecule has 0 spiro atoms. The van der Waals surface area contributed by atoms with Crippen LogP contribution in [0.15, 0.2) is 36.7 Å². The van der Waals surface area contributed by atoms with E-state index in [2.05, 4.69) is 22.1 Å². The van der Waals surface area contributed by atoms with Crippen LogP contribution in [-0.2, 0) is 6.42 Å². The first kappa shape index (κ1) is 8.97. The number of H-pyrrole nitrogens is 1. The van der Waals surface area contributed by atoms with Crippen LogP contribution in [0.25, 0.3) is 11.4 Å². The summed E-state index contributed by atoms with van der Waals surface area (Å²) in [5.74, 6) is 0.906. The molecular formula is C11H13N3. The molecule has 2 aromatic rings. The highest BCUT2D eigenvalue weighted by Gasteiger charge is 1.99. The summed E-state index contributed by atoms with van der Waals surface area (Å²) < 4.78 is 0. The molecule has 0 bridgehead atoms. The predicted octanol–water partition coefficient (Wildman–Crippen LogP) is 1.58. The van der Waals surface area contributed by atoms with Crippen molar-refractivity contribution in [3.05, 3.63) is 42.2 Å². The number of hydrogen-bond acceptors (Lipinski definition) is 2. The Bertz CT molecular complexity index is 393. The quantitative estimate of drug-likeness (QED) is 0.766. The maximum absolute atomic E-state index is 5.51. The fourth-order valence-corrected chi connectivity index (χ4v) is 1.46. The van der Waals surface area contributed by atoms with Crippen molar-refractivity contribution in [2.45, 2.75) is 6.42 Å². The smallest absolute Gasteiger partial charge is 0.137 e. The van der Waals surface area contributed by atoms with E-state index >= 15 is 0 Å². The van der Waals surface area contributed by atoms with E-state index in [4.69, 9.17) is 5.73 Å². The largest absolute Gasteiger partial charge is 0.345 e. The molecule has 3 heteroatoms. The third-order valence-corrected chi connectivity index (χ3v) is 2.13. The van der Waals surface area contributed by atoms with Crippen molar-refractivity contribution in [2.75, 3.05) is 6.54 Å². The second-order valence-corrected chi connectivity index (χ2v) is 3.18. The standard InChI is InChI=1S/C11H13N3/c12-5-4-9-2-1-3-10(8-9)11-13-6-7-14-11/h1-3,6-8H,4-5,12H2,(H,13,14). The molecule has 0 atom stereocenters. The van der Waals surface area contributed by atoms with E-state index in [9.17, 15) is 0 Å². The van der Waals surface area contributed by atoms with Crippen molar-refractivity contribution in [1.82, 2.24) is 9.97 Å². The van der Waals surface area contributed by atoms with Crippen LogP contribution in [0.2, 0.25) is 0 Å². The van der Waals surface area contributed by atoms with Crippen LogP contribution in [0.4, 0.5) is 0 Å². The predicted molar refractivity (Wildman–Crippen MR) is 56.8 cm³/mol. The number of rotatable bonds is 3. The molecule has 1 aromatic carbocycles. The lowest BCUT2D eigenvalue weighted by Crippen LogP contribution is -2.02. The number of nitrogens with zero attached hydrogens (tertiary/aromatic N) is 1. The van der Waals surface area contributed by atoms with Gasteiger partial charge in [0, 0.05) is 18.0 Å². The highest BCUT2D eigenvalue weighted by Crippen LogP contribution is 2.15. The van der Waals surface area contributed by atoms with Crippen LogP contribution in [0.5, 0.6) is 0 Å². The van der Waals surface area contributed by atoms with Gasteiger partial charge in [0.1, 0.15) is 5.82 Å². The maximum Gasteiger partial charge on any atom is 0.137 e. The summed E-state index contributed by atoms with van der Waals surface area (Å²) >= 11 is 0. The molecule has 0 aliphatic rings. The molecule has 0 unspecified atom stereocenters. The topological polar surface area (TPSA) is 54.7 Å². The van der Waals surface area contributed by atoms with Crippen LogP contribution < -0.4 is 5.73 Å². The summed E-state index contributed by atoms with van der Waals surface area (Å²) in [4.78, 5) is 7.28. The molecule has 0 radical (unpaired) electrons. The zero-order valence-corrected chi connectivity index (χ0v) is 7.90. The van der Waals surface area contributed by atoms with Gasteiger partial charge in [0.25, 0.3) is 0 Å². The number of benzene rings is 1. The monoisotopic (exact) mass is 187 g/mol. The molecule has 3 N–H and O–H groups in total. The third-order valence-electron chi connectivity index (χ3n) is 2.13. The molecule has 72 valence electrons. The average molecular weight is 187 g/mol. The lowest BCUT2D eigenvalue weighted by atomic mass is 10.1. The van der Waals surface area contributed by atoms with Gasteiger partial charge in [-0.05, 0) is 24.6 Å². The Balaban J connectivity index is 2.31. The van der Waals surface area contributed by atoms with Crippen molar-refractivity contribution >= 4 is 0 Å². The summed E-state index contributed by atoms with van der Waals surface area (Å²) in [6.07, 6.45) is 4.49. The van der Waals surface area contributed by atoms with Gasteiger partial charge in [-0.25, -0.2) is 4.98 Å². The molecule has 0 saturated carbocycles. The second-order valence-electron chi connectivity index (χ2n) is 3.18. The molecule has 0 fully saturated rings. The minimum atomic E-state index is 0.682. The number of aromatic amines is 1. The van der Waals surface area contributed by atoms with Crippen molar-refractivity contribution in [2.24, 2.45) is 5.73 Å². The molecule has 14 heavy (non-hydrogen) atoms. The van der Waals surface area contributed by atoms with Crippen LogP contribution in [0.3, 0.4) is 0 Å². The van der Waals surface area contributed by atoms with Gasteiger partial charge < -0.3 is 10.7 Å². The van der Waals surface area contributed by atoms with E-state index in [1.54, 1.807) is 6.20 Å². The Morgan fingerprint density at radius 2 is 2.29 bits per heavy atom. The Hall–Kier alpha value is -1.61. The normalized spacial score (nSPS) is 10.4. The van der Waals surface area contributed by atoms with Gasteiger partial charge in [0.2, 0.25) is 0 Å². The van der Waals surface area contributed by atoms with E-state index in [1.807, 2.05) is 18.3 Å². The summed E-state index contributed by atoms with van der Waals surface area (Å²) in [5.41, 5.74) is 7.87. The first-order valence-electron chi connectivity index (χ1n) is 4.69. The van der Waals surface area contributed by atoms with Crippen molar-refractivity contribution in [3.8, 4) is 11.4 Å². The van der Waals surface area contributed by atoms with Crippen molar-refractivity contribution < 1.29 is 0 Å². The Morgan fingerprint density at radius 1 is 1.36 bits per heavy atom. The summed E-state index contributed by atoms with van der Waals surface area (Å²) in [6.45, 7) is 0.682. The van der Waals surface area contributed by atoms with Gasteiger partial charge in [0.05, 0.1) is 0 Å². The minimum Gasteiger partial charge on any atom is -0.345 e.